The third-order valence-corrected chi connectivity index (χ3v) is 3.39. The lowest BCUT2D eigenvalue weighted by atomic mass is 10.2. The average molecular weight is 350 g/mol. The first kappa shape index (κ1) is 21.1. The Labute approximate surface area is 149 Å². The van der Waals surface area contributed by atoms with E-state index in [9.17, 15) is 4.79 Å². The molecule has 1 aromatic carbocycles. The lowest BCUT2D eigenvalue weighted by Gasteiger charge is -2.10. The van der Waals surface area contributed by atoms with Crippen molar-refractivity contribution in [2.75, 3.05) is 54.5 Å². The van der Waals surface area contributed by atoms with Crippen LogP contribution in [-0.2, 0) is 0 Å². The van der Waals surface area contributed by atoms with Crippen LogP contribution in [0.1, 0.15) is 12.8 Å². The molecular weight excluding hydrogens is 320 g/mol. The van der Waals surface area contributed by atoms with Gasteiger partial charge in [0.2, 0.25) is 0 Å². The number of ether oxygens (including phenoxy) is 1. The predicted octanol–water partition coefficient (Wildman–Crippen LogP) is 1.18. The van der Waals surface area contributed by atoms with E-state index >= 15 is 0 Å². The fourth-order valence-electron chi connectivity index (χ4n) is 2.10. The van der Waals surface area contributed by atoms with E-state index in [1.165, 1.54) is 6.33 Å². The van der Waals surface area contributed by atoms with Gasteiger partial charge in [0.1, 0.15) is 5.75 Å². The molecule has 2 aromatic rings. The monoisotopic (exact) mass is 350 g/mol. The first-order valence-corrected chi connectivity index (χ1v) is 8.44. The number of benzene rings is 1. The average Bonchev–Trinajstić information content (AvgIpc) is 2.57. The number of rotatable bonds is 8. The molecule has 0 radical (unpaired) electrons. The van der Waals surface area contributed by atoms with Crippen LogP contribution in [0.3, 0.4) is 0 Å². The second-order valence-corrected chi connectivity index (χ2v) is 6.30. The highest BCUT2D eigenvalue weighted by molar-refractivity contribution is 5.78. The number of aliphatic hydroxyl groups excluding tert-OH is 1. The zero-order chi connectivity index (χ0) is 18.7. The molecule has 1 aromatic heterocycles. The van der Waals surface area contributed by atoms with Crippen LogP contribution in [0.25, 0.3) is 10.9 Å². The predicted molar refractivity (Wildman–Crippen MR) is 101 cm³/mol. The van der Waals surface area contributed by atoms with E-state index in [0.717, 1.165) is 31.7 Å². The maximum absolute atomic E-state index is 11.5. The number of aliphatic hydroxyl groups is 1. The molecule has 1 heterocycles. The van der Waals surface area contributed by atoms with Crippen molar-refractivity contribution >= 4 is 10.9 Å². The van der Waals surface area contributed by atoms with Crippen LogP contribution in [0.4, 0.5) is 0 Å². The molecule has 7 nitrogen and oxygen atoms in total. The zero-order valence-electron chi connectivity index (χ0n) is 15.7. The molecule has 0 saturated heterocycles. The van der Waals surface area contributed by atoms with Crippen LogP contribution in [0.5, 0.6) is 5.75 Å². The SMILES string of the molecule is CN(C)CCCO.CN(C)CCCOc1ccc2c(=O)[nH]cnc2c1. The summed E-state index contributed by atoms with van der Waals surface area (Å²) in [6.45, 7) is 2.94. The summed E-state index contributed by atoms with van der Waals surface area (Å²) in [7, 11) is 8.06. The highest BCUT2D eigenvalue weighted by Crippen LogP contribution is 2.16. The Morgan fingerprint density at radius 2 is 1.80 bits per heavy atom. The smallest absolute Gasteiger partial charge is 0.258 e. The van der Waals surface area contributed by atoms with E-state index in [1.54, 1.807) is 18.2 Å². The Kier molecular flexibility index (Phi) is 9.76. The fourth-order valence-corrected chi connectivity index (χ4v) is 2.10. The number of nitrogens with zero attached hydrogens (tertiary/aromatic N) is 3. The third-order valence-electron chi connectivity index (χ3n) is 3.39. The Hall–Kier alpha value is -1.96. The molecule has 0 aliphatic carbocycles. The van der Waals surface area contributed by atoms with Crippen LogP contribution in [0.15, 0.2) is 29.3 Å². The lowest BCUT2D eigenvalue weighted by Crippen LogP contribution is -2.15. The Balaban J connectivity index is 0.000000381. The normalized spacial score (nSPS) is 10.8. The van der Waals surface area contributed by atoms with Crippen molar-refractivity contribution < 1.29 is 9.84 Å². The number of hydrogen-bond donors (Lipinski definition) is 2. The molecule has 0 bridgehead atoms. The Morgan fingerprint density at radius 3 is 2.40 bits per heavy atom. The molecular formula is C18H30N4O3. The highest BCUT2D eigenvalue weighted by atomic mass is 16.5. The van der Waals surface area contributed by atoms with Crippen LogP contribution in [-0.4, -0.2) is 79.4 Å². The van der Waals surface area contributed by atoms with E-state index in [-0.39, 0.29) is 5.56 Å². The van der Waals surface area contributed by atoms with Gasteiger partial charge in [-0.2, -0.15) is 0 Å². The van der Waals surface area contributed by atoms with Gasteiger partial charge in [0.05, 0.1) is 23.8 Å². The fraction of sp³-hybridized carbons (Fsp3) is 0.556. The standard InChI is InChI=1S/C13H17N3O2.C5H13NO/c1-16(2)6-3-7-18-10-4-5-11-12(8-10)14-9-15-13(11)17;1-6(2)4-3-5-7/h4-5,8-9H,3,6-7H2,1-2H3,(H,14,15,17);7H,3-5H2,1-2H3. The van der Waals surface area contributed by atoms with E-state index in [0.29, 0.717) is 24.1 Å². The molecule has 2 N–H and O–H groups in total. The van der Waals surface area contributed by atoms with Gasteiger partial charge in [0.25, 0.3) is 5.56 Å². The maximum Gasteiger partial charge on any atom is 0.258 e. The van der Waals surface area contributed by atoms with Crippen LogP contribution in [0.2, 0.25) is 0 Å². The molecule has 0 atom stereocenters. The zero-order valence-corrected chi connectivity index (χ0v) is 15.7. The Bertz CT molecular complexity index is 671. The van der Waals surface area contributed by atoms with Crippen LogP contribution < -0.4 is 10.3 Å². The largest absolute Gasteiger partial charge is 0.493 e. The van der Waals surface area contributed by atoms with Gasteiger partial charge in [-0.3, -0.25) is 4.79 Å². The first-order valence-electron chi connectivity index (χ1n) is 8.44. The summed E-state index contributed by atoms with van der Waals surface area (Å²) in [5, 5.41) is 8.87. The molecule has 0 fully saturated rings. The summed E-state index contributed by atoms with van der Waals surface area (Å²) >= 11 is 0. The molecule has 0 unspecified atom stereocenters. The molecule has 0 aliphatic rings. The molecule has 0 spiro atoms. The molecule has 0 saturated carbocycles. The second-order valence-electron chi connectivity index (χ2n) is 6.30. The number of hydrogen-bond acceptors (Lipinski definition) is 6. The molecule has 25 heavy (non-hydrogen) atoms. The van der Waals surface area contributed by atoms with Crippen molar-refractivity contribution in [3.63, 3.8) is 0 Å². The van der Waals surface area contributed by atoms with Crippen molar-refractivity contribution in [3.05, 3.63) is 34.9 Å². The van der Waals surface area contributed by atoms with E-state index < -0.39 is 0 Å². The molecule has 2 rings (SSSR count). The minimum absolute atomic E-state index is 0.126. The van der Waals surface area contributed by atoms with E-state index in [1.807, 2.05) is 28.2 Å². The van der Waals surface area contributed by atoms with Gasteiger partial charge in [0, 0.05) is 19.2 Å². The van der Waals surface area contributed by atoms with Crippen molar-refractivity contribution in [3.8, 4) is 5.75 Å². The minimum atomic E-state index is -0.126. The van der Waals surface area contributed by atoms with Gasteiger partial charge in [-0.1, -0.05) is 0 Å². The van der Waals surface area contributed by atoms with Crippen molar-refractivity contribution in [1.82, 2.24) is 19.8 Å². The van der Waals surface area contributed by atoms with Crippen LogP contribution in [0, 0.1) is 0 Å². The van der Waals surface area contributed by atoms with Gasteiger partial charge >= 0.3 is 0 Å². The van der Waals surface area contributed by atoms with Crippen molar-refractivity contribution in [1.29, 1.82) is 0 Å². The summed E-state index contributed by atoms with van der Waals surface area (Å²) < 4.78 is 5.63. The number of H-pyrrole nitrogens is 1. The number of aromatic nitrogens is 2. The maximum atomic E-state index is 11.5. The quantitative estimate of drug-likeness (QED) is 0.696. The minimum Gasteiger partial charge on any atom is -0.493 e. The van der Waals surface area contributed by atoms with Gasteiger partial charge < -0.3 is 24.6 Å². The number of aromatic amines is 1. The van der Waals surface area contributed by atoms with Crippen LogP contribution >= 0.6 is 0 Å². The molecule has 0 amide bonds. The van der Waals surface area contributed by atoms with Gasteiger partial charge in [-0.05, 0) is 59.7 Å². The van der Waals surface area contributed by atoms with Gasteiger partial charge in [0.15, 0.2) is 0 Å². The second kappa shape index (κ2) is 11.6. The number of nitrogens with one attached hydrogen (secondary N) is 1. The van der Waals surface area contributed by atoms with E-state index in [4.69, 9.17) is 9.84 Å². The summed E-state index contributed by atoms with van der Waals surface area (Å²) in [5.74, 6) is 0.749. The van der Waals surface area contributed by atoms with Gasteiger partial charge in [-0.15, -0.1) is 0 Å². The first-order chi connectivity index (χ1) is 11.9. The number of fused-ring (bicyclic) bond motifs is 1. The lowest BCUT2D eigenvalue weighted by molar-refractivity contribution is 0.263. The highest BCUT2D eigenvalue weighted by Gasteiger charge is 2.01. The van der Waals surface area contributed by atoms with E-state index in [2.05, 4.69) is 19.8 Å². The molecule has 0 aliphatic heterocycles. The molecule has 140 valence electrons. The summed E-state index contributed by atoms with van der Waals surface area (Å²) in [5.41, 5.74) is 0.531. The molecule has 7 heteroatoms. The summed E-state index contributed by atoms with van der Waals surface area (Å²) in [6.07, 6.45) is 3.25. The topological polar surface area (TPSA) is 81.7 Å². The summed E-state index contributed by atoms with van der Waals surface area (Å²) in [6, 6.07) is 5.33. The van der Waals surface area contributed by atoms with Gasteiger partial charge in [-0.25, -0.2) is 4.98 Å². The Morgan fingerprint density at radius 1 is 1.12 bits per heavy atom. The van der Waals surface area contributed by atoms with Crippen molar-refractivity contribution in [2.45, 2.75) is 12.8 Å². The summed E-state index contributed by atoms with van der Waals surface area (Å²) in [4.78, 5) is 22.3. The van der Waals surface area contributed by atoms with Crippen molar-refractivity contribution in [2.24, 2.45) is 0 Å². The third kappa shape index (κ3) is 8.62.